The molecule has 2 rings (SSSR count). The van der Waals surface area contributed by atoms with Gasteiger partial charge in [0.25, 0.3) is 0 Å². The van der Waals surface area contributed by atoms with E-state index in [-0.39, 0.29) is 29.6 Å². The van der Waals surface area contributed by atoms with Crippen LogP contribution in [0.25, 0.3) is 0 Å². The fourth-order valence-corrected chi connectivity index (χ4v) is 1.84. The predicted octanol–water partition coefficient (Wildman–Crippen LogP) is -0.804. The van der Waals surface area contributed by atoms with Gasteiger partial charge in [0.15, 0.2) is 6.29 Å². The molecule has 0 spiro atoms. The molecule has 2 aromatic rings. The number of aryl methyl sites for hydroxylation is 2. The Kier molecular flexibility index (Phi) is 11.7. The fourth-order valence-electron chi connectivity index (χ4n) is 1.84. The largest absolute Gasteiger partial charge is 1.00 e. The van der Waals surface area contributed by atoms with E-state index in [0.29, 0.717) is 11.8 Å². The number of rotatable bonds is 5. The van der Waals surface area contributed by atoms with E-state index in [2.05, 4.69) is 12.1 Å². The van der Waals surface area contributed by atoms with E-state index in [1.807, 2.05) is 30.3 Å². The summed E-state index contributed by atoms with van der Waals surface area (Å²) in [6.45, 7) is 0. The summed E-state index contributed by atoms with van der Waals surface area (Å²) in [5.41, 5.74) is 2.92. The summed E-state index contributed by atoms with van der Waals surface area (Å²) in [6, 6.07) is 17.5. The zero-order valence-corrected chi connectivity index (χ0v) is 15.5. The average Bonchev–Trinajstić information content (AvgIpc) is 2.53. The number of carbonyl (C=O) groups excluding carboxylic acids is 2. The van der Waals surface area contributed by atoms with E-state index in [0.717, 1.165) is 12.8 Å². The van der Waals surface area contributed by atoms with E-state index in [9.17, 15) is 9.59 Å². The molecule has 0 fully saturated rings. The van der Waals surface area contributed by atoms with Gasteiger partial charge in [-0.1, -0.05) is 54.6 Å². The SMILES string of the molecule is O=CC(=O)c1ccc(CCc2ccccc2)cc1.O=S([O-])O.[Na+]. The standard InChI is InChI=1S/C16H14O2.Na.H2O3S/c17-12-16(18)15-10-8-14(9-11-15)7-6-13-4-2-1-3-5-13;;1-4(2)3/h1-5,8-12H,6-7H2;;(H2,1,2,3)/q;+1;/p-1. The second kappa shape index (κ2) is 12.3. The molecule has 0 radical (unpaired) electrons. The Balaban J connectivity index is 0.000000871. The molecule has 1 unspecified atom stereocenters. The molecule has 0 heterocycles. The van der Waals surface area contributed by atoms with Crippen molar-refractivity contribution in [3.63, 3.8) is 0 Å². The number of carbonyl (C=O) groups is 2. The Morgan fingerprint density at radius 1 is 1.00 bits per heavy atom. The zero-order valence-electron chi connectivity index (χ0n) is 12.7. The summed E-state index contributed by atoms with van der Waals surface area (Å²) in [5, 5.41) is 0. The van der Waals surface area contributed by atoms with Gasteiger partial charge in [-0.15, -0.1) is 0 Å². The first kappa shape index (κ1) is 21.9. The maximum absolute atomic E-state index is 11.1. The molecule has 0 saturated heterocycles. The fraction of sp³-hybridized carbons (Fsp3) is 0.125. The quantitative estimate of drug-likeness (QED) is 0.252. The van der Waals surface area contributed by atoms with Gasteiger partial charge in [0.1, 0.15) is 0 Å². The van der Waals surface area contributed by atoms with Gasteiger partial charge in [-0.05, 0) is 24.0 Å². The van der Waals surface area contributed by atoms with Gasteiger partial charge in [0, 0.05) is 5.56 Å². The first-order valence-electron chi connectivity index (χ1n) is 6.43. The topological polar surface area (TPSA) is 94.5 Å². The number of hydrogen-bond acceptors (Lipinski definition) is 4. The van der Waals surface area contributed by atoms with E-state index < -0.39 is 17.1 Å². The van der Waals surface area contributed by atoms with E-state index >= 15 is 0 Å². The maximum Gasteiger partial charge on any atom is 1.00 e. The minimum atomic E-state index is -2.86. The minimum Gasteiger partial charge on any atom is -0.750 e. The molecule has 0 aliphatic heterocycles. The van der Waals surface area contributed by atoms with Crippen LogP contribution in [-0.2, 0) is 29.0 Å². The second-order valence-electron chi connectivity index (χ2n) is 4.38. The molecular formula is C16H15NaO5S. The molecule has 0 aliphatic rings. The number of ketones is 1. The number of Topliss-reactive ketones (excluding diaryl/α,β-unsaturated/α-hetero) is 1. The summed E-state index contributed by atoms with van der Waals surface area (Å²) in [7, 11) is 0. The Bertz CT molecular complexity index is 625. The van der Waals surface area contributed by atoms with Crippen LogP contribution < -0.4 is 29.6 Å². The van der Waals surface area contributed by atoms with Crippen molar-refractivity contribution < 1.29 is 52.5 Å². The van der Waals surface area contributed by atoms with Gasteiger partial charge in [-0.25, -0.2) is 4.21 Å². The first-order chi connectivity index (χ1) is 10.5. The molecule has 1 atom stereocenters. The third kappa shape index (κ3) is 9.55. The Labute approximate surface area is 159 Å². The van der Waals surface area contributed by atoms with Gasteiger partial charge in [0.2, 0.25) is 5.78 Å². The molecule has 0 saturated carbocycles. The van der Waals surface area contributed by atoms with Crippen LogP contribution in [0.4, 0.5) is 0 Å². The van der Waals surface area contributed by atoms with Gasteiger partial charge in [0.05, 0.1) is 11.4 Å². The second-order valence-corrected chi connectivity index (χ2v) is 4.82. The van der Waals surface area contributed by atoms with Crippen molar-refractivity contribution >= 4 is 23.4 Å². The van der Waals surface area contributed by atoms with Gasteiger partial charge in [-0.2, -0.15) is 0 Å². The van der Waals surface area contributed by atoms with Crippen LogP contribution in [0.15, 0.2) is 54.6 Å². The molecule has 116 valence electrons. The Morgan fingerprint density at radius 2 is 1.43 bits per heavy atom. The third-order valence-corrected chi connectivity index (χ3v) is 2.89. The van der Waals surface area contributed by atoms with Gasteiger partial charge >= 0.3 is 29.6 Å². The van der Waals surface area contributed by atoms with Crippen molar-refractivity contribution in [1.29, 1.82) is 0 Å². The Hall–Kier alpha value is -1.15. The molecular weight excluding hydrogens is 327 g/mol. The van der Waals surface area contributed by atoms with Crippen molar-refractivity contribution in [2.45, 2.75) is 12.8 Å². The number of aldehydes is 1. The van der Waals surface area contributed by atoms with Crippen LogP contribution in [0, 0.1) is 0 Å². The zero-order chi connectivity index (χ0) is 16.4. The maximum atomic E-state index is 11.1. The molecule has 0 aliphatic carbocycles. The Morgan fingerprint density at radius 3 is 1.87 bits per heavy atom. The summed E-state index contributed by atoms with van der Waals surface area (Å²) in [4.78, 5) is 21.5. The molecule has 7 heteroatoms. The van der Waals surface area contributed by atoms with Crippen molar-refractivity contribution in [3.05, 3.63) is 71.3 Å². The monoisotopic (exact) mass is 342 g/mol. The summed E-state index contributed by atoms with van der Waals surface area (Å²) in [6.07, 6.45) is 2.25. The van der Waals surface area contributed by atoms with Crippen LogP contribution >= 0.6 is 0 Å². The smallest absolute Gasteiger partial charge is 0.750 e. The van der Waals surface area contributed by atoms with E-state index in [1.54, 1.807) is 12.1 Å². The molecule has 0 aromatic heterocycles. The first-order valence-corrected chi connectivity index (χ1v) is 7.47. The van der Waals surface area contributed by atoms with Crippen LogP contribution in [-0.4, -0.2) is 25.4 Å². The van der Waals surface area contributed by atoms with Crippen LogP contribution in [0.5, 0.6) is 0 Å². The third-order valence-electron chi connectivity index (χ3n) is 2.89. The van der Waals surface area contributed by atoms with Crippen molar-refractivity contribution in [2.75, 3.05) is 0 Å². The van der Waals surface area contributed by atoms with Gasteiger partial charge < -0.3 is 9.11 Å². The summed E-state index contributed by atoms with van der Waals surface area (Å²) >= 11 is -2.86. The molecule has 23 heavy (non-hydrogen) atoms. The van der Waals surface area contributed by atoms with Crippen LogP contribution in [0.3, 0.4) is 0 Å². The van der Waals surface area contributed by atoms with Crippen molar-refractivity contribution in [2.24, 2.45) is 0 Å². The number of hydrogen-bond donors (Lipinski definition) is 1. The molecule has 1 N–H and O–H groups in total. The molecule has 2 aromatic carbocycles. The summed E-state index contributed by atoms with van der Waals surface area (Å²) < 4.78 is 24.1. The normalized spacial score (nSPS) is 10.5. The minimum absolute atomic E-state index is 0. The summed E-state index contributed by atoms with van der Waals surface area (Å²) in [5.74, 6) is -0.468. The van der Waals surface area contributed by atoms with Crippen molar-refractivity contribution in [1.82, 2.24) is 0 Å². The predicted molar refractivity (Wildman–Crippen MR) is 82.2 cm³/mol. The van der Waals surface area contributed by atoms with Crippen molar-refractivity contribution in [3.8, 4) is 0 Å². The van der Waals surface area contributed by atoms with Crippen LogP contribution in [0.1, 0.15) is 21.5 Å². The van der Waals surface area contributed by atoms with Gasteiger partial charge in [-0.3, -0.25) is 9.59 Å². The van der Waals surface area contributed by atoms with E-state index in [1.165, 1.54) is 11.1 Å². The average molecular weight is 342 g/mol. The molecule has 0 amide bonds. The molecule has 5 nitrogen and oxygen atoms in total. The number of benzene rings is 2. The van der Waals surface area contributed by atoms with E-state index in [4.69, 9.17) is 13.3 Å². The van der Waals surface area contributed by atoms with Crippen LogP contribution in [0.2, 0.25) is 0 Å². The molecule has 0 bridgehead atoms.